The van der Waals surface area contributed by atoms with E-state index in [-0.39, 0.29) is 12.0 Å². The first kappa shape index (κ1) is 20.9. The number of aromatic nitrogens is 2. The molecule has 0 saturated heterocycles. The minimum atomic E-state index is -0.377. The van der Waals surface area contributed by atoms with Crippen molar-refractivity contribution in [3.8, 4) is 22.6 Å². The fraction of sp³-hybridized carbons (Fsp3) is 0.125. The topological polar surface area (TPSA) is 111 Å². The summed E-state index contributed by atoms with van der Waals surface area (Å²) in [6.45, 7) is 2.02. The lowest BCUT2D eigenvalue weighted by Gasteiger charge is -2.13. The van der Waals surface area contributed by atoms with Gasteiger partial charge in [-0.15, -0.1) is 0 Å². The molecule has 1 heterocycles. The summed E-state index contributed by atoms with van der Waals surface area (Å²) >= 11 is 0. The number of carbonyl (C=O) groups excluding carboxylic acids is 1. The van der Waals surface area contributed by atoms with Crippen LogP contribution in [0.3, 0.4) is 0 Å². The van der Waals surface area contributed by atoms with Crippen LogP contribution >= 0.6 is 0 Å². The second-order valence-electron chi connectivity index (χ2n) is 7.21. The van der Waals surface area contributed by atoms with E-state index in [9.17, 15) is 4.79 Å². The molecule has 4 N–H and O–H groups in total. The van der Waals surface area contributed by atoms with Crippen molar-refractivity contribution in [2.45, 2.75) is 6.92 Å². The number of hydrogen-bond donors (Lipinski definition) is 3. The second kappa shape index (κ2) is 8.81. The Morgan fingerprint density at radius 1 is 0.906 bits per heavy atom. The molecular formula is C24H23N5O3. The van der Waals surface area contributed by atoms with E-state index in [2.05, 4.69) is 20.6 Å². The van der Waals surface area contributed by atoms with Crippen LogP contribution in [-0.2, 0) is 0 Å². The summed E-state index contributed by atoms with van der Waals surface area (Å²) in [6.07, 6.45) is 1.70. The number of hydrogen-bond acceptors (Lipinski definition) is 6. The Hall–Kier alpha value is -4.33. The maximum absolute atomic E-state index is 12.6. The third-order valence-electron chi connectivity index (χ3n) is 5.01. The van der Waals surface area contributed by atoms with Gasteiger partial charge in [0.1, 0.15) is 11.5 Å². The Morgan fingerprint density at radius 3 is 2.34 bits per heavy atom. The molecule has 0 aliphatic heterocycles. The molecule has 0 radical (unpaired) electrons. The zero-order valence-electron chi connectivity index (χ0n) is 18.0. The Kier molecular flexibility index (Phi) is 5.76. The number of nitrogens with one attached hydrogen (secondary N) is 2. The van der Waals surface area contributed by atoms with Gasteiger partial charge in [-0.3, -0.25) is 0 Å². The number of fused-ring (bicyclic) bond motifs is 1. The Bertz CT molecular complexity index is 1280. The normalized spacial score (nSPS) is 10.6. The predicted octanol–water partition coefficient (Wildman–Crippen LogP) is 4.85. The number of ether oxygens (including phenoxy) is 2. The average Bonchev–Trinajstić information content (AvgIpc) is 2.79. The first-order valence-electron chi connectivity index (χ1n) is 9.89. The monoisotopic (exact) mass is 429 g/mol. The Morgan fingerprint density at radius 2 is 1.62 bits per heavy atom. The van der Waals surface area contributed by atoms with Crippen LogP contribution in [-0.4, -0.2) is 30.2 Å². The van der Waals surface area contributed by atoms with E-state index in [0.29, 0.717) is 22.9 Å². The molecular weight excluding hydrogens is 406 g/mol. The molecule has 8 nitrogen and oxygen atoms in total. The van der Waals surface area contributed by atoms with Gasteiger partial charge in [0.15, 0.2) is 0 Å². The van der Waals surface area contributed by atoms with Crippen LogP contribution in [0.25, 0.3) is 22.0 Å². The summed E-state index contributed by atoms with van der Waals surface area (Å²) in [5, 5.41) is 6.57. The quantitative estimate of drug-likeness (QED) is 0.418. The molecule has 0 aliphatic carbocycles. The number of carbonyl (C=O) groups is 1. The first-order chi connectivity index (χ1) is 15.4. The molecule has 2 amide bonds. The Balaban J connectivity index is 1.56. The van der Waals surface area contributed by atoms with Gasteiger partial charge in [0.25, 0.3) is 0 Å². The van der Waals surface area contributed by atoms with E-state index < -0.39 is 0 Å². The fourth-order valence-corrected chi connectivity index (χ4v) is 3.40. The van der Waals surface area contributed by atoms with Crippen LogP contribution in [0.1, 0.15) is 5.56 Å². The summed E-state index contributed by atoms with van der Waals surface area (Å²) in [5.41, 5.74) is 10.7. The standard InChI is InChI=1S/C24H23N5O3/c1-14-4-6-17(27-24(30)28-18-9-19(31-2)12-20(10-18)32-3)11-21(14)15-5-7-22-16(8-15)13-26-23(25)29-22/h4-13H,1-3H3,(H2,25,26,29)(H2,27,28,30). The lowest BCUT2D eigenvalue weighted by atomic mass is 9.98. The number of rotatable bonds is 5. The van der Waals surface area contributed by atoms with E-state index in [4.69, 9.17) is 15.2 Å². The van der Waals surface area contributed by atoms with Crippen LogP contribution < -0.4 is 25.8 Å². The lowest BCUT2D eigenvalue weighted by Crippen LogP contribution is -2.19. The number of nitrogen functional groups attached to an aromatic ring is 1. The summed E-state index contributed by atoms with van der Waals surface area (Å²) < 4.78 is 10.5. The molecule has 0 aliphatic rings. The molecule has 8 heteroatoms. The average molecular weight is 429 g/mol. The van der Waals surface area contributed by atoms with Gasteiger partial charge in [-0.25, -0.2) is 14.8 Å². The van der Waals surface area contributed by atoms with Crippen molar-refractivity contribution in [3.63, 3.8) is 0 Å². The smallest absolute Gasteiger partial charge is 0.323 e. The minimum Gasteiger partial charge on any atom is -0.497 e. The van der Waals surface area contributed by atoms with Crippen molar-refractivity contribution in [2.75, 3.05) is 30.6 Å². The van der Waals surface area contributed by atoms with E-state index in [0.717, 1.165) is 27.6 Å². The summed E-state index contributed by atoms with van der Waals surface area (Å²) in [4.78, 5) is 20.9. The third-order valence-corrected chi connectivity index (χ3v) is 5.01. The van der Waals surface area contributed by atoms with Gasteiger partial charge in [-0.05, 0) is 47.9 Å². The molecule has 162 valence electrons. The number of aryl methyl sites for hydroxylation is 1. The van der Waals surface area contributed by atoms with E-state index in [1.54, 1.807) is 38.6 Å². The van der Waals surface area contributed by atoms with Gasteiger partial charge in [-0.2, -0.15) is 0 Å². The Labute approximate surface area is 185 Å². The lowest BCUT2D eigenvalue weighted by molar-refractivity contribution is 0.262. The number of nitrogens with two attached hydrogens (primary N) is 1. The number of anilines is 3. The van der Waals surface area contributed by atoms with Crippen molar-refractivity contribution < 1.29 is 14.3 Å². The third kappa shape index (κ3) is 4.54. The maximum atomic E-state index is 12.6. The zero-order chi connectivity index (χ0) is 22.7. The summed E-state index contributed by atoms with van der Waals surface area (Å²) in [6, 6.07) is 16.4. The van der Waals surface area contributed by atoms with Gasteiger partial charge in [-0.1, -0.05) is 12.1 Å². The zero-order valence-corrected chi connectivity index (χ0v) is 18.0. The molecule has 0 spiro atoms. The highest BCUT2D eigenvalue weighted by Crippen LogP contribution is 2.30. The van der Waals surface area contributed by atoms with Crippen molar-refractivity contribution in [3.05, 3.63) is 66.4 Å². The van der Waals surface area contributed by atoms with Gasteiger partial charge >= 0.3 is 6.03 Å². The van der Waals surface area contributed by atoms with Crippen LogP contribution in [0.15, 0.2) is 60.8 Å². The number of amides is 2. The predicted molar refractivity (Wildman–Crippen MR) is 126 cm³/mol. The van der Waals surface area contributed by atoms with Crippen LogP contribution in [0.5, 0.6) is 11.5 Å². The van der Waals surface area contributed by atoms with E-state index >= 15 is 0 Å². The molecule has 0 saturated carbocycles. The van der Waals surface area contributed by atoms with Gasteiger partial charge in [0.2, 0.25) is 5.95 Å². The number of nitrogens with zero attached hydrogens (tertiary/aromatic N) is 2. The molecule has 0 bridgehead atoms. The SMILES string of the molecule is COc1cc(NC(=O)Nc2ccc(C)c(-c3ccc4nc(N)ncc4c3)c2)cc(OC)c1. The molecule has 4 aromatic rings. The van der Waals surface area contributed by atoms with Crippen molar-refractivity contribution >= 4 is 34.3 Å². The number of methoxy groups -OCH3 is 2. The van der Waals surface area contributed by atoms with Crippen molar-refractivity contribution in [2.24, 2.45) is 0 Å². The van der Waals surface area contributed by atoms with Gasteiger partial charge in [0, 0.05) is 41.2 Å². The molecule has 4 rings (SSSR count). The van der Waals surface area contributed by atoms with Gasteiger partial charge < -0.3 is 25.8 Å². The van der Waals surface area contributed by atoms with E-state index in [1.807, 2.05) is 43.3 Å². The minimum absolute atomic E-state index is 0.243. The van der Waals surface area contributed by atoms with Crippen molar-refractivity contribution in [1.29, 1.82) is 0 Å². The van der Waals surface area contributed by atoms with Crippen LogP contribution in [0.4, 0.5) is 22.1 Å². The highest BCUT2D eigenvalue weighted by molar-refractivity contribution is 6.00. The maximum Gasteiger partial charge on any atom is 0.323 e. The van der Waals surface area contributed by atoms with Crippen LogP contribution in [0.2, 0.25) is 0 Å². The highest BCUT2D eigenvalue weighted by atomic mass is 16.5. The molecule has 32 heavy (non-hydrogen) atoms. The van der Waals surface area contributed by atoms with Crippen LogP contribution in [0, 0.1) is 6.92 Å². The fourth-order valence-electron chi connectivity index (χ4n) is 3.40. The molecule has 3 aromatic carbocycles. The summed E-state index contributed by atoms with van der Waals surface area (Å²) in [7, 11) is 3.11. The second-order valence-corrected chi connectivity index (χ2v) is 7.21. The number of urea groups is 1. The summed E-state index contributed by atoms with van der Waals surface area (Å²) in [5.74, 6) is 1.41. The number of benzene rings is 3. The van der Waals surface area contributed by atoms with Crippen molar-refractivity contribution in [1.82, 2.24) is 9.97 Å². The highest BCUT2D eigenvalue weighted by Gasteiger charge is 2.10. The molecule has 1 aromatic heterocycles. The largest absolute Gasteiger partial charge is 0.497 e. The molecule has 0 atom stereocenters. The van der Waals surface area contributed by atoms with Gasteiger partial charge in [0.05, 0.1) is 19.7 Å². The molecule has 0 fully saturated rings. The first-order valence-corrected chi connectivity index (χ1v) is 9.89. The van der Waals surface area contributed by atoms with E-state index in [1.165, 1.54) is 0 Å². The molecule has 0 unspecified atom stereocenters.